The van der Waals surface area contributed by atoms with Crippen LogP contribution in [0.5, 0.6) is 0 Å². The minimum absolute atomic E-state index is 0.153. The average Bonchev–Trinajstić information content (AvgIpc) is 3.63. The van der Waals surface area contributed by atoms with Crippen molar-refractivity contribution in [3.05, 3.63) is 109 Å². The summed E-state index contributed by atoms with van der Waals surface area (Å²) in [5.41, 5.74) is 8.38. The Morgan fingerprint density at radius 2 is 0.727 bits per heavy atom. The summed E-state index contributed by atoms with van der Waals surface area (Å²) < 4.78 is 63.6. The fourth-order valence-corrected chi connectivity index (χ4v) is 6.03. The highest BCUT2D eigenvalue weighted by Gasteiger charge is 2.13. The number of aromatic nitrogens is 4. The molecule has 0 unspecified atom stereocenters. The van der Waals surface area contributed by atoms with Gasteiger partial charge in [0.2, 0.25) is 0 Å². The summed E-state index contributed by atoms with van der Waals surface area (Å²) in [6, 6.07) is 31.3. The van der Waals surface area contributed by atoms with Gasteiger partial charge in [0.1, 0.15) is 11.6 Å². The Hall–Kier alpha value is -5.14. The number of fused-ring (bicyclic) bond motifs is 2. The second kappa shape index (κ2) is 10.2. The molecule has 2 heterocycles. The second-order valence-electron chi connectivity index (χ2n) is 10.2. The van der Waals surface area contributed by atoms with E-state index in [-0.39, 0.29) is 9.79 Å². The van der Waals surface area contributed by atoms with Crippen LogP contribution in [0.3, 0.4) is 0 Å². The van der Waals surface area contributed by atoms with E-state index in [0.29, 0.717) is 11.6 Å². The Bertz CT molecular complexity index is 2180. The van der Waals surface area contributed by atoms with Gasteiger partial charge in [0, 0.05) is 11.1 Å². The molecule has 0 aliphatic carbocycles. The number of nitrogens with one attached hydrogen (secondary N) is 2. The van der Waals surface area contributed by atoms with Crippen molar-refractivity contribution in [3.8, 4) is 45.0 Å². The minimum atomic E-state index is -4.24. The molecule has 0 fully saturated rings. The third-order valence-electron chi connectivity index (χ3n) is 7.37. The first-order valence-corrected chi connectivity index (χ1v) is 16.2. The molecule has 4 N–H and O–H groups in total. The first-order valence-electron chi connectivity index (χ1n) is 13.3. The van der Waals surface area contributed by atoms with Gasteiger partial charge in [-0.25, -0.2) is 9.97 Å². The number of imidazole rings is 2. The fourth-order valence-electron chi connectivity index (χ4n) is 5.07. The molecule has 12 heteroatoms. The van der Waals surface area contributed by atoms with Crippen molar-refractivity contribution in [2.24, 2.45) is 0 Å². The standard InChI is InChI=1S/C32H22N4O6S2/c37-43(38,39)25-13-9-21(10-14-25)19-1-5-23(6-2-19)31-33-27-17-29-30(18-28(27)34-31)36-32(35-29)24-7-3-20(4-8-24)22-11-15-26(16-12-22)44(40,41)42/h1-18H,(H,33,34)(H,35,36)(H,37,38,39)(H,40,41,42). The lowest BCUT2D eigenvalue weighted by molar-refractivity contribution is 0.481. The van der Waals surface area contributed by atoms with Crippen molar-refractivity contribution in [3.63, 3.8) is 0 Å². The molecule has 10 nitrogen and oxygen atoms in total. The molecule has 0 bridgehead atoms. The van der Waals surface area contributed by atoms with Crippen LogP contribution >= 0.6 is 0 Å². The third kappa shape index (κ3) is 5.27. The molecule has 0 aliphatic rings. The molecule has 0 spiro atoms. The van der Waals surface area contributed by atoms with Crippen LogP contribution in [0.1, 0.15) is 0 Å². The monoisotopic (exact) mass is 622 g/mol. The van der Waals surface area contributed by atoms with E-state index < -0.39 is 20.2 Å². The number of benzene rings is 5. The number of H-pyrrole nitrogens is 2. The number of aromatic amines is 2. The van der Waals surface area contributed by atoms with Crippen molar-refractivity contribution in [2.45, 2.75) is 9.79 Å². The highest BCUT2D eigenvalue weighted by molar-refractivity contribution is 7.86. The van der Waals surface area contributed by atoms with E-state index in [4.69, 9.17) is 9.97 Å². The molecule has 5 aromatic carbocycles. The Morgan fingerprint density at radius 1 is 0.432 bits per heavy atom. The van der Waals surface area contributed by atoms with Gasteiger partial charge in [0.25, 0.3) is 20.2 Å². The second-order valence-corrected chi connectivity index (χ2v) is 13.1. The van der Waals surface area contributed by atoms with Crippen molar-refractivity contribution in [1.29, 1.82) is 0 Å². The van der Waals surface area contributed by atoms with E-state index in [0.717, 1.165) is 55.4 Å². The van der Waals surface area contributed by atoms with E-state index in [1.165, 1.54) is 24.3 Å². The summed E-state index contributed by atoms with van der Waals surface area (Å²) in [7, 11) is -8.48. The summed E-state index contributed by atoms with van der Waals surface area (Å²) in [6.07, 6.45) is 0. The van der Waals surface area contributed by atoms with Gasteiger partial charge < -0.3 is 9.97 Å². The number of nitrogens with zero attached hydrogens (tertiary/aromatic N) is 2. The van der Waals surface area contributed by atoms with Crippen LogP contribution < -0.4 is 0 Å². The predicted molar refractivity (Wildman–Crippen MR) is 167 cm³/mol. The van der Waals surface area contributed by atoms with Crippen molar-refractivity contribution in [1.82, 2.24) is 19.9 Å². The van der Waals surface area contributed by atoms with Gasteiger partial charge in [-0.05, 0) is 58.7 Å². The van der Waals surface area contributed by atoms with Crippen LogP contribution in [0.15, 0.2) is 119 Å². The highest BCUT2D eigenvalue weighted by Crippen LogP contribution is 2.30. The average molecular weight is 623 g/mol. The quantitative estimate of drug-likeness (QED) is 0.151. The van der Waals surface area contributed by atoms with Crippen LogP contribution in [0.2, 0.25) is 0 Å². The largest absolute Gasteiger partial charge is 0.338 e. The van der Waals surface area contributed by atoms with Crippen LogP contribution in [-0.4, -0.2) is 45.9 Å². The number of hydrogen-bond acceptors (Lipinski definition) is 6. The van der Waals surface area contributed by atoms with Crippen molar-refractivity contribution < 1.29 is 25.9 Å². The van der Waals surface area contributed by atoms with Gasteiger partial charge in [-0.2, -0.15) is 16.8 Å². The van der Waals surface area contributed by atoms with E-state index in [1.54, 1.807) is 24.3 Å². The van der Waals surface area contributed by atoms with Crippen LogP contribution in [0.25, 0.3) is 67.1 Å². The third-order valence-corrected chi connectivity index (χ3v) is 9.11. The SMILES string of the molecule is O=S(=O)(O)c1ccc(-c2ccc(-c3nc4cc5nc(-c6ccc(-c7ccc(S(=O)(=O)O)cc7)cc6)[nH]c5cc4[nH]3)cc2)cc1. The molecule has 0 amide bonds. The molecular formula is C32H22N4O6S2. The predicted octanol–water partition coefficient (Wildman–Crippen LogP) is 6.60. The number of hydrogen-bond donors (Lipinski definition) is 4. The molecule has 2 aromatic heterocycles. The topological polar surface area (TPSA) is 166 Å². The molecular weight excluding hydrogens is 601 g/mol. The Morgan fingerprint density at radius 3 is 1.05 bits per heavy atom. The van der Waals surface area contributed by atoms with Gasteiger partial charge in [0.05, 0.1) is 31.9 Å². The first kappa shape index (κ1) is 27.7. The Balaban J connectivity index is 1.12. The lowest BCUT2D eigenvalue weighted by atomic mass is 10.0. The maximum absolute atomic E-state index is 11.3. The highest BCUT2D eigenvalue weighted by atomic mass is 32.2. The summed E-state index contributed by atoms with van der Waals surface area (Å²) >= 11 is 0. The van der Waals surface area contributed by atoms with E-state index in [9.17, 15) is 25.9 Å². The fraction of sp³-hybridized carbons (Fsp3) is 0. The summed E-state index contributed by atoms with van der Waals surface area (Å²) in [5, 5.41) is 0. The smallest absolute Gasteiger partial charge is 0.294 e. The Labute approximate surface area is 251 Å². The van der Waals surface area contributed by atoms with Crippen molar-refractivity contribution in [2.75, 3.05) is 0 Å². The van der Waals surface area contributed by atoms with Gasteiger partial charge in [-0.15, -0.1) is 0 Å². The van der Waals surface area contributed by atoms with Gasteiger partial charge >= 0.3 is 0 Å². The van der Waals surface area contributed by atoms with Crippen LogP contribution in [-0.2, 0) is 20.2 Å². The molecule has 44 heavy (non-hydrogen) atoms. The zero-order valence-electron chi connectivity index (χ0n) is 22.6. The number of rotatable bonds is 6. The normalized spacial score (nSPS) is 12.2. The molecule has 0 atom stereocenters. The molecule has 7 rings (SSSR count). The first-order chi connectivity index (χ1) is 21.0. The van der Waals surface area contributed by atoms with Gasteiger partial charge in [-0.3, -0.25) is 9.11 Å². The molecule has 7 aromatic rings. The molecule has 0 saturated carbocycles. The maximum Gasteiger partial charge on any atom is 0.294 e. The summed E-state index contributed by atoms with van der Waals surface area (Å²) in [4.78, 5) is 16.0. The maximum atomic E-state index is 11.3. The van der Waals surface area contributed by atoms with Gasteiger partial charge in [0.15, 0.2) is 0 Å². The molecule has 0 saturated heterocycles. The lowest BCUT2D eigenvalue weighted by Gasteiger charge is -2.04. The molecule has 0 radical (unpaired) electrons. The van der Waals surface area contributed by atoms with Crippen molar-refractivity contribution >= 4 is 42.3 Å². The Kier molecular flexibility index (Phi) is 6.44. The molecule has 218 valence electrons. The summed E-state index contributed by atoms with van der Waals surface area (Å²) in [6.45, 7) is 0. The molecule has 0 aliphatic heterocycles. The minimum Gasteiger partial charge on any atom is -0.338 e. The van der Waals surface area contributed by atoms with E-state index >= 15 is 0 Å². The lowest BCUT2D eigenvalue weighted by Crippen LogP contribution is -1.97. The van der Waals surface area contributed by atoms with Gasteiger partial charge in [-0.1, -0.05) is 72.8 Å². The summed E-state index contributed by atoms with van der Waals surface area (Å²) in [5.74, 6) is 1.39. The zero-order valence-corrected chi connectivity index (χ0v) is 24.3. The van der Waals surface area contributed by atoms with Crippen LogP contribution in [0, 0.1) is 0 Å². The van der Waals surface area contributed by atoms with Crippen LogP contribution in [0.4, 0.5) is 0 Å². The zero-order chi connectivity index (χ0) is 30.6. The van der Waals surface area contributed by atoms with E-state index in [2.05, 4.69) is 9.97 Å². The van der Waals surface area contributed by atoms with E-state index in [1.807, 2.05) is 60.7 Å².